The van der Waals surface area contributed by atoms with Crippen LogP contribution < -0.4 is 10.6 Å². The first-order chi connectivity index (χ1) is 14.3. The molecule has 3 heterocycles. The van der Waals surface area contributed by atoms with Gasteiger partial charge in [0.1, 0.15) is 5.01 Å². The Bertz CT molecular complexity index is 1010. The predicted octanol–water partition coefficient (Wildman–Crippen LogP) is 4.23. The van der Waals surface area contributed by atoms with E-state index >= 15 is 0 Å². The summed E-state index contributed by atoms with van der Waals surface area (Å²) in [4.78, 5) is 12.5. The molecule has 168 valence electrons. The summed E-state index contributed by atoms with van der Waals surface area (Å²) in [7, 11) is 0. The molecule has 0 bridgehead atoms. The third kappa shape index (κ3) is 6.89. The van der Waals surface area contributed by atoms with E-state index in [2.05, 4.69) is 30.7 Å². The van der Waals surface area contributed by atoms with Gasteiger partial charge in [0.2, 0.25) is 0 Å². The van der Waals surface area contributed by atoms with Gasteiger partial charge in [-0.3, -0.25) is 0 Å². The molecule has 31 heavy (non-hydrogen) atoms. The van der Waals surface area contributed by atoms with Gasteiger partial charge in [0.25, 0.3) is 0 Å². The Labute approximate surface area is 199 Å². The van der Waals surface area contributed by atoms with Crippen LogP contribution in [0.3, 0.4) is 0 Å². The van der Waals surface area contributed by atoms with Crippen molar-refractivity contribution < 1.29 is 13.2 Å². The molecule has 2 N–H and O–H groups in total. The van der Waals surface area contributed by atoms with E-state index in [1.54, 1.807) is 10.9 Å². The number of thiazole rings is 1. The normalized spacial score (nSPS) is 11.9. The van der Waals surface area contributed by atoms with Crippen LogP contribution in [0, 0.1) is 13.8 Å². The molecular formula is C19H23F3IN7S. The van der Waals surface area contributed by atoms with Crippen molar-refractivity contribution >= 4 is 41.3 Å². The van der Waals surface area contributed by atoms with Crippen molar-refractivity contribution in [1.29, 1.82) is 0 Å². The molecule has 0 spiro atoms. The third-order valence-electron chi connectivity index (χ3n) is 4.05. The molecule has 0 amide bonds. The van der Waals surface area contributed by atoms with Crippen LogP contribution >= 0.6 is 35.3 Å². The average molecular weight is 565 g/mol. The van der Waals surface area contributed by atoms with Gasteiger partial charge in [-0.05, 0) is 38.5 Å². The molecule has 0 unspecified atom stereocenters. The highest BCUT2D eigenvalue weighted by atomic mass is 127. The summed E-state index contributed by atoms with van der Waals surface area (Å²) in [5.74, 6) is 1.21. The summed E-state index contributed by atoms with van der Waals surface area (Å²) < 4.78 is 39.8. The monoisotopic (exact) mass is 565 g/mol. The zero-order chi connectivity index (χ0) is 21.7. The molecular weight excluding hydrogens is 542 g/mol. The van der Waals surface area contributed by atoms with Crippen molar-refractivity contribution in [3.05, 3.63) is 57.4 Å². The fourth-order valence-electron chi connectivity index (χ4n) is 2.69. The second-order valence-corrected chi connectivity index (χ2v) is 7.48. The first kappa shape index (κ1) is 25.0. The van der Waals surface area contributed by atoms with Crippen molar-refractivity contribution in [2.45, 2.75) is 40.0 Å². The summed E-state index contributed by atoms with van der Waals surface area (Å²) in [6.45, 7) is 6.94. The lowest BCUT2D eigenvalue weighted by Crippen LogP contribution is -2.36. The van der Waals surface area contributed by atoms with Gasteiger partial charge in [-0.15, -0.1) is 35.3 Å². The number of guanidine groups is 1. The number of rotatable bonds is 6. The van der Waals surface area contributed by atoms with Crippen LogP contribution in [0.2, 0.25) is 0 Å². The number of aliphatic imine (C=N–C) groups is 1. The zero-order valence-electron chi connectivity index (χ0n) is 17.2. The van der Waals surface area contributed by atoms with E-state index in [0.29, 0.717) is 24.1 Å². The highest BCUT2D eigenvalue weighted by Gasteiger charge is 2.33. The van der Waals surface area contributed by atoms with E-state index in [4.69, 9.17) is 0 Å². The SMILES string of the molecule is CCNC(=NCc1ccc(-n2nc(C)cc2C)nc1)NCc1nc(C(F)(F)F)cs1.I. The molecule has 0 saturated carbocycles. The fourth-order valence-corrected chi connectivity index (χ4v) is 3.43. The molecule has 7 nitrogen and oxygen atoms in total. The number of aromatic nitrogens is 4. The maximum atomic E-state index is 12.7. The molecule has 3 aromatic heterocycles. The van der Waals surface area contributed by atoms with E-state index in [1.165, 1.54) is 0 Å². The van der Waals surface area contributed by atoms with Crippen molar-refractivity contribution in [2.24, 2.45) is 4.99 Å². The third-order valence-corrected chi connectivity index (χ3v) is 4.90. The topological polar surface area (TPSA) is 80.0 Å². The fraction of sp³-hybridized carbons (Fsp3) is 0.368. The van der Waals surface area contributed by atoms with Crippen LogP contribution in [0.5, 0.6) is 0 Å². The Balaban J connectivity index is 0.00000341. The van der Waals surface area contributed by atoms with Crippen molar-refractivity contribution in [2.75, 3.05) is 6.54 Å². The largest absolute Gasteiger partial charge is 0.434 e. The lowest BCUT2D eigenvalue weighted by atomic mass is 10.3. The Morgan fingerprint density at radius 2 is 2.00 bits per heavy atom. The maximum absolute atomic E-state index is 12.7. The van der Waals surface area contributed by atoms with Crippen molar-refractivity contribution in [1.82, 2.24) is 30.4 Å². The van der Waals surface area contributed by atoms with Gasteiger partial charge < -0.3 is 10.6 Å². The number of hydrogen-bond donors (Lipinski definition) is 2. The van der Waals surface area contributed by atoms with E-state index in [9.17, 15) is 13.2 Å². The molecule has 12 heteroatoms. The summed E-state index contributed by atoms with van der Waals surface area (Å²) in [6.07, 6.45) is -2.70. The standard InChI is InChI=1S/C19H22F3N7S.HI/c1-4-23-18(26-10-17-27-15(11-30-17)19(20,21)22)25-9-14-5-6-16(24-8-14)29-13(3)7-12(2)28-29;/h5-8,11H,4,9-10H2,1-3H3,(H2,23,25,26);1H. The maximum Gasteiger partial charge on any atom is 0.434 e. The molecule has 0 radical (unpaired) electrons. The predicted molar refractivity (Wildman–Crippen MR) is 125 cm³/mol. The lowest BCUT2D eigenvalue weighted by molar-refractivity contribution is -0.140. The van der Waals surface area contributed by atoms with Gasteiger partial charge in [-0.2, -0.15) is 18.3 Å². The first-order valence-electron chi connectivity index (χ1n) is 9.28. The van der Waals surface area contributed by atoms with Crippen LogP contribution in [0.25, 0.3) is 5.82 Å². The van der Waals surface area contributed by atoms with Gasteiger partial charge in [0.05, 0.1) is 18.8 Å². The minimum Gasteiger partial charge on any atom is -0.357 e. The van der Waals surface area contributed by atoms with Gasteiger partial charge in [-0.1, -0.05) is 6.07 Å². The quantitative estimate of drug-likeness (QED) is 0.266. The van der Waals surface area contributed by atoms with Gasteiger partial charge in [0.15, 0.2) is 17.5 Å². The van der Waals surface area contributed by atoms with Crippen molar-refractivity contribution in [3.8, 4) is 5.82 Å². The van der Waals surface area contributed by atoms with Gasteiger partial charge in [0, 0.05) is 23.8 Å². The summed E-state index contributed by atoms with van der Waals surface area (Å²) in [5, 5.41) is 11.8. The van der Waals surface area contributed by atoms with E-state index in [1.807, 2.05) is 39.0 Å². The number of nitrogens with one attached hydrogen (secondary N) is 2. The second kappa shape index (κ2) is 10.9. The highest BCUT2D eigenvalue weighted by molar-refractivity contribution is 14.0. The number of pyridine rings is 1. The van der Waals surface area contributed by atoms with Crippen molar-refractivity contribution in [3.63, 3.8) is 0 Å². The van der Waals surface area contributed by atoms with E-state index < -0.39 is 11.9 Å². The number of aryl methyl sites for hydroxylation is 2. The zero-order valence-corrected chi connectivity index (χ0v) is 20.3. The Morgan fingerprint density at radius 1 is 1.23 bits per heavy atom. The van der Waals surface area contributed by atoms with Crippen LogP contribution in [-0.4, -0.2) is 32.3 Å². The summed E-state index contributed by atoms with van der Waals surface area (Å²) >= 11 is 0.959. The number of halogens is 4. The second-order valence-electron chi connectivity index (χ2n) is 6.54. The van der Waals surface area contributed by atoms with E-state index in [0.717, 1.165) is 39.5 Å². The molecule has 0 aliphatic rings. The summed E-state index contributed by atoms with van der Waals surface area (Å²) in [6, 6.07) is 5.77. The van der Waals surface area contributed by atoms with Crippen LogP contribution in [0.1, 0.15) is 34.6 Å². The summed E-state index contributed by atoms with van der Waals surface area (Å²) in [5.41, 5.74) is 1.94. The molecule has 0 saturated heterocycles. The van der Waals surface area contributed by atoms with Gasteiger partial charge in [-0.25, -0.2) is 19.6 Å². The number of alkyl halides is 3. The average Bonchev–Trinajstić information content (AvgIpc) is 3.30. The smallest absolute Gasteiger partial charge is 0.357 e. The van der Waals surface area contributed by atoms with Gasteiger partial charge >= 0.3 is 6.18 Å². The highest BCUT2D eigenvalue weighted by Crippen LogP contribution is 2.29. The molecule has 0 aromatic carbocycles. The number of hydrogen-bond acceptors (Lipinski definition) is 5. The van der Waals surface area contributed by atoms with Crippen LogP contribution in [0.4, 0.5) is 13.2 Å². The Hall–Kier alpha value is -2.22. The molecule has 0 aliphatic heterocycles. The van der Waals surface area contributed by atoms with Crippen LogP contribution in [0.15, 0.2) is 34.8 Å². The lowest BCUT2D eigenvalue weighted by Gasteiger charge is -2.10. The molecule has 0 atom stereocenters. The Morgan fingerprint density at radius 3 is 2.55 bits per heavy atom. The Kier molecular flexibility index (Phi) is 8.79. The van der Waals surface area contributed by atoms with Crippen LogP contribution in [-0.2, 0) is 19.3 Å². The molecule has 0 fully saturated rings. The molecule has 3 rings (SSSR count). The molecule has 3 aromatic rings. The number of nitrogens with zero attached hydrogens (tertiary/aromatic N) is 5. The minimum atomic E-state index is -4.43. The van der Waals surface area contributed by atoms with E-state index in [-0.39, 0.29) is 30.5 Å². The minimum absolute atomic E-state index is 0. The first-order valence-corrected chi connectivity index (χ1v) is 10.2. The molecule has 0 aliphatic carbocycles.